The molecule has 2 heterocycles. The fourth-order valence-electron chi connectivity index (χ4n) is 3.46. The van der Waals surface area contributed by atoms with Crippen LogP contribution >= 0.6 is 0 Å². The molecule has 2 amide bonds. The monoisotopic (exact) mass is 377 g/mol. The summed E-state index contributed by atoms with van der Waals surface area (Å²) in [5.74, 6) is -1.32. The summed E-state index contributed by atoms with van der Waals surface area (Å²) >= 11 is 0. The highest BCUT2D eigenvalue weighted by Gasteiger charge is 2.32. The van der Waals surface area contributed by atoms with E-state index in [4.69, 9.17) is 4.74 Å². The number of aryl methyl sites for hydroxylation is 1. The molecule has 1 aromatic heterocycles. The maximum absolute atomic E-state index is 12.9. The Kier molecular flexibility index (Phi) is 4.35. The smallest absolute Gasteiger partial charge is 0.341 e. The Bertz CT molecular complexity index is 1100. The molecule has 0 bridgehead atoms. The lowest BCUT2D eigenvalue weighted by molar-refractivity contribution is -0.128. The van der Waals surface area contributed by atoms with Crippen LogP contribution in [0.5, 0.6) is 0 Å². The molecule has 0 aliphatic carbocycles. The van der Waals surface area contributed by atoms with Crippen molar-refractivity contribution in [3.05, 3.63) is 59.8 Å². The second kappa shape index (κ2) is 6.84. The van der Waals surface area contributed by atoms with E-state index in [9.17, 15) is 14.4 Å². The molecule has 28 heavy (non-hydrogen) atoms. The fraction of sp³-hybridized carbons (Fsp3) is 0.190. The van der Waals surface area contributed by atoms with E-state index >= 15 is 0 Å². The van der Waals surface area contributed by atoms with Gasteiger partial charge in [0.05, 0.1) is 16.9 Å². The van der Waals surface area contributed by atoms with Gasteiger partial charge in [0.15, 0.2) is 6.10 Å². The lowest BCUT2D eigenvalue weighted by Crippen LogP contribution is -2.47. The molecule has 1 aliphatic rings. The zero-order chi connectivity index (χ0) is 19.8. The molecule has 7 nitrogen and oxygen atoms in total. The first-order valence-corrected chi connectivity index (χ1v) is 8.94. The highest BCUT2D eigenvalue weighted by molar-refractivity contribution is 6.12. The molecule has 0 unspecified atom stereocenters. The van der Waals surface area contributed by atoms with Crippen molar-refractivity contribution in [1.29, 1.82) is 0 Å². The number of carbonyl (C=O) groups excluding carboxylic acids is 3. The van der Waals surface area contributed by atoms with Crippen molar-refractivity contribution in [1.82, 2.24) is 4.98 Å². The number of esters is 1. The van der Waals surface area contributed by atoms with Crippen molar-refractivity contribution in [3.8, 4) is 0 Å². The number of para-hydroxylation sites is 3. The first-order chi connectivity index (χ1) is 13.5. The van der Waals surface area contributed by atoms with Crippen LogP contribution in [-0.4, -0.2) is 35.4 Å². The van der Waals surface area contributed by atoms with Gasteiger partial charge >= 0.3 is 5.97 Å². The minimum Gasteiger partial charge on any atom is -0.449 e. The van der Waals surface area contributed by atoms with Crippen LogP contribution < -0.4 is 10.2 Å². The number of benzene rings is 2. The molecular formula is C21H19N3O4. The Balaban J connectivity index is 1.57. The molecule has 1 atom stereocenters. The summed E-state index contributed by atoms with van der Waals surface area (Å²) in [6.07, 6.45) is -1.04. The lowest BCUT2D eigenvalue weighted by Gasteiger charge is -2.30. The number of anilines is 2. The van der Waals surface area contributed by atoms with Gasteiger partial charge in [0.1, 0.15) is 6.54 Å². The van der Waals surface area contributed by atoms with Gasteiger partial charge in [-0.1, -0.05) is 30.3 Å². The van der Waals surface area contributed by atoms with Gasteiger partial charge in [-0.3, -0.25) is 14.5 Å². The second-order valence-electron chi connectivity index (χ2n) is 6.71. The van der Waals surface area contributed by atoms with Crippen LogP contribution in [-0.2, 0) is 14.3 Å². The molecule has 4 rings (SSSR count). The number of hydrogen-bond donors (Lipinski definition) is 2. The van der Waals surface area contributed by atoms with Crippen molar-refractivity contribution in [2.75, 3.05) is 16.8 Å². The summed E-state index contributed by atoms with van der Waals surface area (Å²) in [6, 6.07) is 14.4. The van der Waals surface area contributed by atoms with Crippen molar-refractivity contribution in [2.45, 2.75) is 20.0 Å². The molecule has 0 saturated carbocycles. The molecule has 2 N–H and O–H groups in total. The topological polar surface area (TPSA) is 91.5 Å². The summed E-state index contributed by atoms with van der Waals surface area (Å²) < 4.78 is 5.47. The maximum atomic E-state index is 12.9. The quantitative estimate of drug-likeness (QED) is 0.687. The summed E-state index contributed by atoms with van der Waals surface area (Å²) in [5.41, 5.74) is 3.05. The lowest BCUT2D eigenvalue weighted by atomic mass is 10.1. The van der Waals surface area contributed by atoms with Crippen LogP contribution in [0.4, 0.5) is 11.4 Å². The summed E-state index contributed by atoms with van der Waals surface area (Å²) in [6.45, 7) is 3.18. The number of fused-ring (bicyclic) bond motifs is 2. The number of carbonyl (C=O) groups is 3. The molecule has 1 aliphatic heterocycles. The predicted octanol–water partition coefficient (Wildman–Crippen LogP) is 3.01. The fourth-order valence-corrected chi connectivity index (χ4v) is 3.46. The number of nitrogens with zero attached hydrogens (tertiary/aromatic N) is 1. The number of aromatic amines is 1. The second-order valence-corrected chi connectivity index (χ2v) is 6.71. The molecule has 0 spiro atoms. The van der Waals surface area contributed by atoms with E-state index < -0.39 is 18.0 Å². The third kappa shape index (κ3) is 3.00. The van der Waals surface area contributed by atoms with E-state index in [2.05, 4.69) is 10.3 Å². The average molecular weight is 377 g/mol. The summed E-state index contributed by atoms with van der Waals surface area (Å²) in [4.78, 5) is 42.1. The first kappa shape index (κ1) is 17.8. The van der Waals surface area contributed by atoms with E-state index in [1.54, 1.807) is 31.2 Å². The Morgan fingerprint density at radius 2 is 1.82 bits per heavy atom. The van der Waals surface area contributed by atoms with Crippen LogP contribution in [0.15, 0.2) is 48.5 Å². The van der Waals surface area contributed by atoms with Gasteiger partial charge in [0.25, 0.3) is 5.91 Å². The molecule has 2 aromatic carbocycles. The van der Waals surface area contributed by atoms with E-state index in [1.807, 2.05) is 24.3 Å². The molecule has 3 aromatic rings. The number of H-pyrrole nitrogens is 1. The standard InChI is InChI=1S/C21H19N3O4/c1-12-19(14-7-3-4-8-15(14)22-12)21(27)28-13(2)20(26)24-11-18(25)23-16-9-5-6-10-17(16)24/h3-10,13,22H,11H2,1-2H3,(H,23,25)/t13-/m0/s1. The zero-order valence-electron chi connectivity index (χ0n) is 15.5. The van der Waals surface area contributed by atoms with Crippen molar-refractivity contribution < 1.29 is 19.1 Å². The normalized spacial score (nSPS) is 14.4. The van der Waals surface area contributed by atoms with Gasteiger partial charge in [-0.05, 0) is 32.0 Å². The maximum Gasteiger partial charge on any atom is 0.341 e. The number of rotatable bonds is 3. The molecule has 0 radical (unpaired) electrons. The SMILES string of the molecule is Cc1[nH]c2ccccc2c1C(=O)O[C@@H](C)C(=O)N1CC(=O)Nc2ccccc21. The number of aromatic nitrogens is 1. The van der Waals surface area contributed by atoms with Crippen LogP contribution in [0, 0.1) is 6.92 Å². The van der Waals surface area contributed by atoms with Gasteiger partial charge in [-0.15, -0.1) is 0 Å². The molecule has 0 saturated heterocycles. The van der Waals surface area contributed by atoms with Gasteiger partial charge in [0.2, 0.25) is 5.91 Å². The highest BCUT2D eigenvalue weighted by atomic mass is 16.5. The third-order valence-electron chi connectivity index (χ3n) is 4.77. The number of ether oxygens (including phenoxy) is 1. The first-order valence-electron chi connectivity index (χ1n) is 8.94. The van der Waals surface area contributed by atoms with Crippen molar-refractivity contribution in [3.63, 3.8) is 0 Å². The highest BCUT2D eigenvalue weighted by Crippen LogP contribution is 2.30. The Labute approximate surface area is 161 Å². The van der Waals surface area contributed by atoms with Crippen LogP contribution in [0.1, 0.15) is 23.0 Å². The molecule has 7 heteroatoms. The Morgan fingerprint density at radius 3 is 2.64 bits per heavy atom. The number of hydrogen-bond acceptors (Lipinski definition) is 4. The van der Waals surface area contributed by atoms with Gasteiger partial charge in [-0.2, -0.15) is 0 Å². The largest absolute Gasteiger partial charge is 0.449 e. The Hall–Kier alpha value is -3.61. The average Bonchev–Trinajstić information content (AvgIpc) is 3.02. The predicted molar refractivity (Wildman–Crippen MR) is 105 cm³/mol. The van der Waals surface area contributed by atoms with Gasteiger partial charge < -0.3 is 15.0 Å². The summed E-state index contributed by atoms with van der Waals surface area (Å²) in [7, 11) is 0. The van der Waals surface area contributed by atoms with Gasteiger partial charge in [-0.25, -0.2) is 4.79 Å². The van der Waals surface area contributed by atoms with E-state index in [0.717, 1.165) is 10.9 Å². The summed E-state index contributed by atoms with van der Waals surface area (Å²) in [5, 5.41) is 3.47. The van der Waals surface area contributed by atoms with Crippen LogP contribution in [0.25, 0.3) is 10.9 Å². The van der Waals surface area contributed by atoms with E-state index in [1.165, 1.54) is 11.8 Å². The number of amides is 2. The van der Waals surface area contributed by atoms with Crippen molar-refractivity contribution >= 4 is 40.1 Å². The van der Waals surface area contributed by atoms with E-state index in [0.29, 0.717) is 22.6 Å². The Morgan fingerprint density at radius 1 is 1.11 bits per heavy atom. The van der Waals surface area contributed by atoms with Gasteiger partial charge in [0, 0.05) is 16.6 Å². The zero-order valence-corrected chi connectivity index (χ0v) is 15.5. The number of nitrogens with one attached hydrogen (secondary N) is 2. The molecule has 0 fully saturated rings. The van der Waals surface area contributed by atoms with Crippen LogP contribution in [0.2, 0.25) is 0 Å². The van der Waals surface area contributed by atoms with Crippen molar-refractivity contribution in [2.24, 2.45) is 0 Å². The minimum absolute atomic E-state index is 0.121. The molecular weight excluding hydrogens is 358 g/mol. The van der Waals surface area contributed by atoms with Crippen LogP contribution in [0.3, 0.4) is 0 Å². The van der Waals surface area contributed by atoms with E-state index in [-0.39, 0.29) is 12.5 Å². The molecule has 142 valence electrons. The minimum atomic E-state index is -1.04. The third-order valence-corrected chi connectivity index (χ3v) is 4.77.